The van der Waals surface area contributed by atoms with Crippen molar-refractivity contribution < 1.29 is 4.74 Å². The van der Waals surface area contributed by atoms with Gasteiger partial charge in [-0.1, -0.05) is 19.3 Å². The van der Waals surface area contributed by atoms with Crippen molar-refractivity contribution in [1.82, 2.24) is 10.2 Å². The molecule has 0 bridgehead atoms. The molecule has 1 aliphatic heterocycles. The molecule has 118 valence electrons. The van der Waals surface area contributed by atoms with Crippen molar-refractivity contribution in [3.63, 3.8) is 0 Å². The normalized spacial score (nSPS) is 24.3. The van der Waals surface area contributed by atoms with Crippen LogP contribution in [0.3, 0.4) is 0 Å². The zero-order valence-corrected chi connectivity index (χ0v) is 15.3. The monoisotopic (exact) mass is 395 g/mol. The van der Waals surface area contributed by atoms with Gasteiger partial charge in [-0.2, -0.15) is 0 Å². The van der Waals surface area contributed by atoms with Crippen molar-refractivity contribution in [1.29, 1.82) is 0 Å². The summed E-state index contributed by atoms with van der Waals surface area (Å²) in [6.45, 7) is 3.96. The quantitative estimate of drug-likeness (QED) is 0.452. The first-order valence-electron chi connectivity index (χ1n) is 7.79. The second kappa shape index (κ2) is 9.82. The van der Waals surface area contributed by atoms with E-state index >= 15 is 0 Å². The summed E-state index contributed by atoms with van der Waals surface area (Å²) < 4.78 is 5.44. The number of aliphatic imine (C=N–C) groups is 1. The molecule has 5 heteroatoms. The summed E-state index contributed by atoms with van der Waals surface area (Å²) in [7, 11) is 4.01. The molecule has 1 heterocycles. The summed E-state index contributed by atoms with van der Waals surface area (Å²) in [5.74, 6) is 2.55. The van der Waals surface area contributed by atoms with Gasteiger partial charge in [0.05, 0.1) is 6.61 Å². The van der Waals surface area contributed by atoms with Crippen LogP contribution < -0.4 is 5.32 Å². The van der Waals surface area contributed by atoms with E-state index in [0.29, 0.717) is 5.92 Å². The number of rotatable bonds is 4. The smallest absolute Gasteiger partial charge is 0.193 e. The third-order valence-electron chi connectivity index (χ3n) is 4.40. The molecule has 0 aromatic rings. The number of ether oxygens (including phenoxy) is 1. The molecule has 4 nitrogen and oxygen atoms in total. The van der Waals surface area contributed by atoms with Crippen LogP contribution in [0.1, 0.15) is 38.5 Å². The Morgan fingerprint density at radius 3 is 2.55 bits per heavy atom. The topological polar surface area (TPSA) is 36.9 Å². The van der Waals surface area contributed by atoms with E-state index in [2.05, 4.69) is 22.3 Å². The maximum atomic E-state index is 5.44. The Morgan fingerprint density at radius 2 is 1.95 bits per heavy atom. The molecule has 2 aliphatic rings. The highest BCUT2D eigenvalue weighted by Gasteiger charge is 2.20. The van der Waals surface area contributed by atoms with Crippen LogP contribution in [0.2, 0.25) is 0 Å². The van der Waals surface area contributed by atoms with Crippen molar-refractivity contribution in [3.8, 4) is 0 Å². The summed E-state index contributed by atoms with van der Waals surface area (Å²) >= 11 is 0. The summed E-state index contributed by atoms with van der Waals surface area (Å²) in [5.41, 5.74) is 0. The first-order chi connectivity index (χ1) is 9.29. The summed E-state index contributed by atoms with van der Waals surface area (Å²) in [6, 6.07) is 0. The van der Waals surface area contributed by atoms with E-state index < -0.39 is 0 Å². The van der Waals surface area contributed by atoms with Gasteiger partial charge in [0.2, 0.25) is 0 Å². The predicted molar refractivity (Wildman–Crippen MR) is 94.9 cm³/mol. The maximum absolute atomic E-state index is 5.44. The Hall–Kier alpha value is -0.0400. The summed E-state index contributed by atoms with van der Waals surface area (Å²) in [6.07, 6.45) is 8.17. The molecule has 1 unspecified atom stereocenters. The van der Waals surface area contributed by atoms with Gasteiger partial charge in [0, 0.05) is 39.7 Å². The van der Waals surface area contributed by atoms with Gasteiger partial charge in [-0.05, 0) is 25.2 Å². The Balaban J connectivity index is 0.00000200. The molecule has 1 atom stereocenters. The van der Waals surface area contributed by atoms with E-state index in [1.165, 1.54) is 38.5 Å². The minimum atomic E-state index is 0. The lowest BCUT2D eigenvalue weighted by Crippen LogP contribution is -2.43. The molecule has 0 aromatic carbocycles. The fourth-order valence-electron chi connectivity index (χ4n) is 3.21. The second-order valence-electron chi connectivity index (χ2n) is 6.04. The highest BCUT2D eigenvalue weighted by atomic mass is 127. The molecule has 0 spiro atoms. The van der Waals surface area contributed by atoms with Crippen LogP contribution in [0.5, 0.6) is 0 Å². The van der Waals surface area contributed by atoms with Gasteiger partial charge >= 0.3 is 0 Å². The molecule has 1 N–H and O–H groups in total. The van der Waals surface area contributed by atoms with Gasteiger partial charge in [-0.3, -0.25) is 4.99 Å². The van der Waals surface area contributed by atoms with Crippen LogP contribution in [0.4, 0.5) is 0 Å². The van der Waals surface area contributed by atoms with E-state index in [1.807, 2.05) is 7.05 Å². The van der Waals surface area contributed by atoms with Crippen LogP contribution in [-0.4, -0.2) is 51.3 Å². The molecule has 2 fully saturated rings. The van der Waals surface area contributed by atoms with Crippen molar-refractivity contribution in [2.45, 2.75) is 38.5 Å². The van der Waals surface area contributed by atoms with Gasteiger partial charge < -0.3 is 15.0 Å². The lowest BCUT2D eigenvalue weighted by Gasteiger charge is -2.27. The van der Waals surface area contributed by atoms with Crippen molar-refractivity contribution in [2.75, 3.05) is 40.4 Å². The molecule has 0 aromatic heterocycles. The molecule has 1 aliphatic carbocycles. The summed E-state index contributed by atoms with van der Waals surface area (Å²) in [5, 5.41) is 3.55. The number of hydrogen-bond acceptors (Lipinski definition) is 2. The number of hydrogen-bond donors (Lipinski definition) is 1. The third-order valence-corrected chi connectivity index (χ3v) is 4.40. The first kappa shape index (κ1) is 18.0. The van der Waals surface area contributed by atoms with E-state index in [9.17, 15) is 0 Å². The fraction of sp³-hybridized carbons (Fsp3) is 0.933. The highest BCUT2D eigenvalue weighted by molar-refractivity contribution is 14.0. The lowest BCUT2D eigenvalue weighted by molar-refractivity contribution is 0.181. The zero-order valence-electron chi connectivity index (χ0n) is 12.9. The average molecular weight is 395 g/mol. The highest BCUT2D eigenvalue weighted by Crippen LogP contribution is 2.22. The minimum absolute atomic E-state index is 0. The Bertz CT molecular complexity index is 287. The number of nitrogens with one attached hydrogen (secondary N) is 1. The Kier molecular flexibility index (Phi) is 8.84. The molecule has 1 saturated carbocycles. The van der Waals surface area contributed by atoms with Crippen molar-refractivity contribution in [3.05, 3.63) is 0 Å². The van der Waals surface area contributed by atoms with E-state index in [4.69, 9.17) is 4.74 Å². The fourth-order valence-corrected chi connectivity index (χ4v) is 3.21. The van der Waals surface area contributed by atoms with Crippen LogP contribution in [0, 0.1) is 11.8 Å². The second-order valence-corrected chi connectivity index (χ2v) is 6.04. The van der Waals surface area contributed by atoms with Gasteiger partial charge in [-0.25, -0.2) is 0 Å². The van der Waals surface area contributed by atoms with E-state index in [0.717, 1.165) is 38.2 Å². The van der Waals surface area contributed by atoms with Gasteiger partial charge in [0.15, 0.2) is 5.96 Å². The third kappa shape index (κ3) is 5.76. The molecule has 2 rings (SSSR count). The maximum Gasteiger partial charge on any atom is 0.193 e. The number of halogens is 1. The molecule has 1 saturated heterocycles. The van der Waals surface area contributed by atoms with Gasteiger partial charge in [0.1, 0.15) is 0 Å². The molecule has 0 amide bonds. The molecular formula is C15H30IN3O. The van der Waals surface area contributed by atoms with Gasteiger partial charge in [-0.15, -0.1) is 24.0 Å². The largest absolute Gasteiger partial charge is 0.381 e. The van der Waals surface area contributed by atoms with Gasteiger partial charge in [0.25, 0.3) is 0 Å². The Morgan fingerprint density at radius 1 is 1.20 bits per heavy atom. The zero-order chi connectivity index (χ0) is 13.5. The predicted octanol–water partition coefficient (Wildman–Crippen LogP) is 2.73. The SMILES string of the molecule is CN=C(NCC1CCCCC1)N(C)CC1CCOC1.I. The van der Waals surface area contributed by atoms with Crippen LogP contribution in [0.25, 0.3) is 0 Å². The number of guanidine groups is 1. The standard InChI is InChI=1S/C15H29N3O.HI/c1-16-15(17-10-13-6-4-3-5-7-13)18(2)11-14-8-9-19-12-14;/h13-14H,3-12H2,1-2H3,(H,16,17);1H. The molecule has 20 heavy (non-hydrogen) atoms. The van der Waals surface area contributed by atoms with E-state index in [-0.39, 0.29) is 24.0 Å². The molecule has 0 radical (unpaired) electrons. The van der Waals surface area contributed by atoms with E-state index in [1.54, 1.807) is 0 Å². The number of nitrogens with zero attached hydrogens (tertiary/aromatic N) is 2. The summed E-state index contributed by atoms with van der Waals surface area (Å²) in [4.78, 5) is 6.66. The minimum Gasteiger partial charge on any atom is -0.381 e. The van der Waals surface area contributed by atoms with Crippen molar-refractivity contribution >= 4 is 29.9 Å². The lowest BCUT2D eigenvalue weighted by atomic mass is 9.89. The van der Waals surface area contributed by atoms with Crippen molar-refractivity contribution in [2.24, 2.45) is 16.8 Å². The Labute approximate surface area is 140 Å². The van der Waals surface area contributed by atoms with Crippen LogP contribution in [-0.2, 0) is 4.74 Å². The first-order valence-corrected chi connectivity index (χ1v) is 7.79. The van der Waals surface area contributed by atoms with Crippen LogP contribution >= 0.6 is 24.0 Å². The van der Waals surface area contributed by atoms with Crippen LogP contribution in [0.15, 0.2) is 4.99 Å². The molecular weight excluding hydrogens is 365 g/mol. The average Bonchev–Trinajstić information content (AvgIpc) is 2.93.